The van der Waals surface area contributed by atoms with Crippen LogP contribution in [0.2, 0.25) is 5.02 Å². The molecule has 1 amide bonds. The van der Waals surface area contributed by atoms with Gasteiger partial charge < -0.3 is 10.1 Å². The number of benzene rings is 2. The lowest BCUT2D eigenvalue weighted by Crippen LogP contribution is -2.33. The Bertz CT molecular complexity index is 951. The van der Waals surface area contributed by atoms with E-state index < -0.39 is 15.9 Å². The van der Waals surface area contributed by atoms with Crippen molar-refractivity contribution in [1.29, 1.82) is 0 Å². The molecule has 0 unspecified atom stereocenters. The zero-order chi connectivity index (χ0) is 20.9. The van der Waals surface area contributed by atoms with Crippen molar-refractivity contribution in [2.45, 2.75) is 24.8 Å². The number of carbonyl (C=O) groups is 1. The highest BCUT2D eigenvalue weighted by Crippen LogP contribution is 2.23. The van der Waals surface area contributed by atoms with Crippen molar-refractivity contribution >= 4 is 43.5 Å². The molecule has 6 nitrogen and oxygen atoms in total. The Morgan fingerprint density at radius 3 is 2.61 bits per heavy atom. The van der Waals surface area contributed by atoms with Crippen LogP contribution in [-0.4, -0.2) is 44.9 Å². The lowest BCUT2D eigenvalue weighted by Gasteiger charge is -2.21. The Morgan fingerprint density at radius 2 is 1.96 bits per heavy atom. The third-order valence-electron chi connectivity index (χ3n) is 4.04. The highest BCUT2D eigenvalue weighted by molar-refractivity contribution is 9.10. The van der Waals surface area contributed by atoms with E-state index in [4.69, 9.17) is 16.3 Å². The molecule has 152 valence electrons. The molecule has 0 aliphatic rings. The molecule has 0 heterocycles. The quantitative estimate of drug-likeness (QED) is 0.570. The molecular formula is C19H22BrClN2O4S. The van der Waals surface area contributed by atoms with E-state index in [0.717, 1.165) is 4.47 Å². The largest absolute Gasteiger partial charge is 0.492 e. The SMILES string of the molecule is CC(C)N(C)S(=O)(=O)c1ccc(Cl)c(C(=O)NCCOc2cccc(Br)c2)c1. The van der Waals surface area contributed by atoms with Crippen molar-refractivity contribution in [3.05, 3.63) is 57.5 Å². The molecule has 0 fully saturated rings. The number of sulfonamides is 1. The number of hydrogen-bond donors (Lipinski definition) is 1. The van der Waals surface area contributed by atoms with Gasteiger partial charge in [-0.15, -0.1) is 0 Å². The molecule has 1 N–H and O–H groups in total. The first-order valence-corrected chi connectivity index (χ1v) is 11.2. The second-order valence-electron chi connectivity index (χ2n) is 6.32. The first-order valence-electron chi connectivity index (χ1n) is 8.57. The maximum absolute atomic E-state index is 12.6. The lowest BCUT2D eigenvalue weighted by molar-refractivity contribution is 0.0947. The summed E-state index contributed by atoms with van der Waals surface area (Å²) < 4.78 is 33.0. The third-order valence-corrected chi connectivity index (χ3v) is 6.89. The number of nitrogens with one attached hydrogen (secondary N) is 1. The second kappa shape index (κ2) is 9.73. The topological polar surface area (TPSA) is 75.7 Å². The van der Waals surface area contributed by atoms with Gasteiger partial charge in [-0.1, -0.05) is 33.6 Å². The maximum atomic E-state index is 12.6. The van der Waals surface area contributed by atoms with Gasteiger partial charge in [0.25, 0.3) is 5.91 Å². The minimum atomic E-state index is -3.71. The number of nitrogens with zero attached hydrogens (tertiary/aromatic N) is 1. The van der Waals surface area contributed by atoms with Crippen LogP contribution in [0.4, 0.5) is 0 Å². The molecule has 0 saturated carbocycles. The summed E-state index contributed by atoms with van der Waals surface area (Å²) in [5.41, 5.74) is 0.0994. The minimum absolute atomic E-state index is 0.0173. The van der Waals surface area contributed by atoms with Crippen molar-refractivity contribution in [1.82, 2.24) is 9.62 Å². The van der Waals surface area contributed by atoms with E-state index in [1.54, 1.807) is 13.8 Å². The summed E-state index contributed by atoms with van der Waals surface area (Å²) >= 11 is 9.46. The van der Waals surface area contributed by atoms with Gasteiger partial charge in [-0.2, -0.15) is 4.31 Å². The average molecular weight is 490 g/mol. The lowest BCUT2D eigenvalue weighted by atomic mass is 10.2. The summed E-state index contributed by atoms with van der Waals surface area (Å²) in [5, 5.41) is 2.86. The Kier molecular flexibility index (Phi) is 7.88. The summed E-state index contributed by atoms with van der Waals surface area (Å²) in [6.07, 6.45) is 0. The number of hydrogen-bond acceptors (Lipinski definition) is 4. The molecule has 9 heteroatoms. The molecule has 0 atom stereocenters. The molecule has 0 saturated heterocycles. The minimum Gasteiger partial charge on any atom is -0.492 e. The van der Waals surface area contributed by atoms with Crippen LogP contribution in [0.25, 0.3) is 0 Å². The van der Waals surface area contributed by atoms with Gasteiger partial charge in [-0.3, -0.25) is 4.79 Å². The van der Waals surface area contributed by atoms with E-state index in [2.05, 4.69) is 21.2 Å². The fourth-order valence-corrected chi connectivity index (χ4v) is 4.24. The van der Waals surface area contributed by atoms with Gasteiger partial charge in [0.15, 0.2) is 0 Å². The molecule has 0 radical (unpaired) electrons. The summed E-state index contributed by atoms with van der Waals surface area (Å²) in [5.74, 6) is 0.207. The second-order valence-corrected chi connectivity index (χ2v) is 9.64. The molecule has 2 aromatic rings. The molecule has 0 aromatic heterocycles. The molecule has 2 aromatic carbocycles. The molecular weight excluding hydrogens is 468 g/mol. The van der Waals surface area contributed by atoms with E-state index >= 15 is 0 Å². The van der Waals surface area contributed by atoms with E-state index in [1.165, 1.54) is 29.6 Å². The number of ether oxygens (including phenoxy) is 1. The maximum Gasteiger partial charge on any atom is 0.252 e. The highest BCUT2D eigenvalue weighted by atomic mass is 79.9. The van der Waals surface area contributed by atoms with Gasteiger partial charge in [0.1, 0.15) is 12.4 Å². The number of rotatable bonds is 8. The van der Waals surface area contributed by atoms with Gasteiger partial charge in [-0.25, -0.2) is 8.42 Å². The zero-order valence-electron chi connectivity index (χ0n) is 15.8. The monoisotopic (exact) mass is 488 g/mol. The number of amides is 1. The molecule has 0 bridgehead atoms. The standard InChI is InChI=1S/C19H22BrClN2O4S/c1-13(2)23(3)28(25,26)16-7-8-18(21)17(12-16)19(24)22-9-10-27-15-6-4-5-14(20)11-15/h4-8,11-13H,9-10H2,1-3H3,(H,22,24). The average Bonchev–Trinajstić information content (AvgIpc) is 2.64. The van der Waals surface area contributed by atoms with Gasteiger partial charge in [0.05, 0.1) is 22.0 Å². The van der Waals surface area contributed by atoms with Gasteiger partial charge >= 0.3 is 0 Å². The van der Waals surface area contributed by atoms with Crippen LogP contribution in [0.1, 0.15) is 24.2 Å². The van der Waals surface area contributed by atoms with Gasteiger partial charge in [-0.05, 0) is 50.2 Å². The van der Waals surface area contributed by atoms with Gasteiger partial charge in [0, 0.05) is 17.6 Å². The first kappa shape index (κ1) is 22.7. The molecule has 28 heavy (non-hydrogen) atoms. The van der Waals surface area contributed by atoms with E-state index in [-0.39, 0.29) is 34.7 Å². The van der Waals surface area contributed by atoms with Crippen LogP contribution >= 0.6 is 27.5 Å². The normalized spacial score (nSPS) is 11.7. The van der Waals surface area contributed by atoms with Crippen LogP contribution in [0.5, 0.6) is 5.75 Å². The van der Waals surface area contributed by atoms with Crippen LogP contribution in [0.3, 0.4) is 0 Å². The highest BCUT2D eigenvalue weighted by Gasteiger charge is 2.25. The third kappa shape index (κ3) is 5.70. The summed E-state index contributed by atoms with van der Waals surface area (Å²) in [6.45, 7) is 4.04. The van der Waals surface area contributed by atoms with Crippen molar-refractivity contribution in [3.63, 3.8) is 0 Å². The van der Waals surface area contributed by atoms with E-state index in [0.29, 0.717) is 5.75 Å². The predicted molar refractivity (Wildman–Crippen MR) is 114 cm³/mol. The van der Waals surface area contributed by atoms with Crippen LogP contribution in [-0.2, 0) is 10.0 Å². The number of halogens is 2. The molecule has 0 spiro atoms. The molecule has 0 aliphatic heterocycles. The summed E-state index contributed by atoms with van der Waals surface area (Å²) in [6, 6.07) is 11.2. The van der Waals surface area contributed by atoms with Crippen molar-refractivity contribution in [2.24, 2.45) is 0 Å². The Labute approximate surface area is 179 Å². The van der Waals surface area contributed by atoms with E-state index in [9.17, 15) is 13.2 Å². The van der Waals surface area contributed by atoms with Crippen LogP contribution in [0.15, 0.2) is 51.8 Å². The fourth-order valence-electron chi connectivity index (χ4n) is 2.27. The van der Waals surface area contributed by atoms with Crippen LogP contribution in [0, 0.1) is 0 Å². The summed E-state index contributed by atoms with van der Waals surface area (Å²) in [7, 11) is -2.22. The zero-order valence-corrected chi connectivity index (χ0v) is 18.9. The Morgan fingerprint density at radius 1 is 1.25 bits per heavy atom. The predicted octanol–water partition coefficient (Wildman–Crippen LogP) is 3.94. The number of carbonyl (C=O) groups excluding carboxylic acids is 1. The van der Waals surface area contributed by atoms with Gasteiger partial charge in [0.2, 0.25) is 10.0 Å². The first-order chi connectivity index (χ1) is 13.1. The van der Waals surface area contributed by atoms with Crippen molar-refractivity contribution in [2.75, 3.05) is 20.2 Å². The Balaban J connectivity index is 2.05. The van der Waals surface area contributed by atoms with Crippen molar-refractivity contribution < 1.29 is 17.9 Å². The van der Waals surface area contributed by atoms with E-state index in [1.807, 2.05) is 24.3 Å². The molecule has 2 rings (SSSR count). The summed E-state index contributed by atoms with van der Waals surface area (Å²) in [4.78, 5) is 12.5. The fraction of sp³-hybridized carbons (Fsp3) is 0.316. The van der Waals surface area contributed by atoms with Crippen LogP contribution < -0.4 is 10.1 Å². The smallest absolute Gasteiger partial charge is 0.252 e. The van der Waals surface area contributed by atoms with Crippen molar-refractivity contribution in [3.8, 4) is 5.75 Å². The Hall–Kier alpha value is -1.61. The molecule has 0 aliphatic carbocycles.